The molecule has 0 bridgehead atoms. The molecule has 0 radical (unpaired) electrons. The molecule has 2 aromatic carbocycles. The fraction of sp³-hybridized carbons (Fsp3) is 0.222. The molecule has 0 saturated carbocycles. The molecule has 0 aromatic heterocycles. The lowest BCUT2D eigenvalue weighted by Crippen LogP contribution is -2.39. The average Bonchev–Trinajstić information content (AvgIpc) is 2.62. The second-order valence-electron chi connectivity index (χ2n) is 5.48. The van der Waals surface area contributed by atoms with Gasteiger partial charge < -0.3 is 19.5 Å². The number of anilines is 1. The first kappa shape index (κ1) is 16.8. The van der Waals surface area contributed by atoms with Gasteiger partial charge in [0.2, 0.25) is 6.10 Å². The highest BCUT2D eigenvalue weighted by Crippen LogP contribution is 2.31. The van der Waals surface area contributed by atoms with Gasteiger partial charge in [-0.2, -0.15) is 0 Å². The second kappa shape index (κ2) is 7.21. The monoisotopic (exact) mass is 345 g/mol. The smallest absolute Gasteiger partial charge is 0.351 e. The van der Waals surface area contributed by atoms with Crippen molar-refractivity contribution in [3.63, 3.8) is 0 Å². The molecule has 1 aliphatic rings. The van der Waals surface area contributed by atoms with E-state index in [1.54, 1.807) is 37.3 Å². The largest absolute Gasteiger partial charge is 0.485 e. The van der Waals surface area contributed by atoms with Crippen LogP contribution in [-0.2, 0) is 14.3 Å². The lowest BCUT2D eigenvalue weighted by atomic mass is 10.2. The van der Waals surface area contributed by atoms with E-state index in [9.17, 15) is 14.0 Å². The van der Waals surface area contributed by atoms with E-state index in [0.29, 0.717) is 22.7 Å². The zero-order valence-electron chi connectivity index (χ0n) is 13.5. The Morgan fingerprint density at radius 1 is 1.24 bits per heavy atom. The molecule has 0 unspecified atom stereocenters. The highest BCUT2D eigenvalue weighted by atomic mass is 19.1. The maximum atomic E-state index is 13.2. The quantitative estimate of drug-likeness (QED) is 0.862. The number of aryl methyl sites for hydroxylation is 1. The molecule has 25 heavy (non-hydrogen) atoms. The predicted molar refractivity (Wildman–Crippen MR) is 87.1 cm³/mol. The van der Waals surface area contributed by atoms with E-state index < -0.39 is 30.4 Å². The van der Waals surface area contributed by atoms with Gasteiger partial charge in [-0.15, -0.1) is 0 Å². The molecule has 1 aliphatic heterocycles. The van der Waals surface area contributed by atoms with E-state index in [1.807, 2.05) is 0 Å². The summed E-state index contributed by atoms with van der Waals surface area (Å²) in [5.41, 5.74) is 1.02. The Labute approximate surface area is 143 Å². The summed E-state index contributed by atoms with van der Waals surface area (Å²) in [6.45, 7) is 1.22. The molecular weight excluding hydrogens is 329 g/mol. The molecule has 1 heterocycles. The highest BCUT2D eigenvalue weighted by molar-refractivity contribution is 5.93. The summed E-state index contributed by atoms with van der Waals surface area (Å²) in [5, 5.41) is 2.50. The van der Waals surface area contributed by atoms with Crippen LogP contribution in [0.1, 0.15) is 5.56 Å². The van der Waals surface area contributed by atoms with Crippen LogP contribution in [0.25, 0.3) is 0 Å². The van der Waals surface area contributed by atoms with Crippen molar-refractivity contribution >= 4 is 17.6 Å². The van der Waals surface area contributed by atoms with Gasteiger partial charge in [0, 0.05) is 5.69 Å². The summed E-state index contributed by atoms with van der Waals surface area (Å²) in [5.74, 6) is -0.759. The standard InChI is InChI=1S/C18H16FNO5/c1-11-6-7-12(19)8-13(11)20-17(21)10-24-18(22)16-9-23-14-4-2-3-5-15(14)25-16/h2-8,16H,9-10H2,1H3,(H,20,21)/t16-/m1/s1. The van der Waals surface area contributed by atoms with Gasteiger partial charge in [-0.05, 0) is 36.8 Å². The molecule has 0 fully saturated rings. The van der Waals surface area contributed by atoms with Crippen LogP contribution in [0.5, 0.6) is 11.5 Å². The van der Waals surface area contributed by atoms with Crippen molar-refractivity contribution in [1.29, 1.82) is 0 Å². The fourth-order valence-electron chi connectivity index (χ4n) is 2.28. The molecule has 7 heteroatoms. The van der Waals surface area contributed by atoms with Gasteiger partial charge in [0.25, 0.3) is 5.91 Å². The number of para-hydroxylation sites is 2. The summed E-state index contributed by atoms with van der Waals surface area (Å²) in [6, 6.07) is 11.0. The van der Waals surface area contributed by atoms with Gasteiger partial charge in [-0.3, -0.25) is 4.79 Å². The Kier molecular flexibility index (Phi) is 4.83. The lowest BCUT2D eigenvalue weighted by molar-refractivity contribution is -0.156. The SMILES string of the molecule is Cc1ccc(F)cc1NC(=O)COC(=O)[C@H]1COc2ccccc2O1. The topological polar surface area (TPSA) is 73.9 Å². The van der Waals surface area contributed by atoms with Crippen molar-refractivity contribution < 1.29 is 28.2 Å². The molecule has 130 valence electrons. The van der Waals surface area contributed by atoms with Crippen LogP contribution in [0.4, 0.5) is 10.1 Å². The normalized spacial score (nSPS) is 15.4. The Balaban J connectivity index is 1.52. The van der Waals surface area contributed by atoms with E-state index >= 15 is 0 Å². The van der Waals surface area contributed by atoms with Gasteiger partial charge in [0.1, 0.15) is 12.4 Å². The molecule has 0 aliphatic carbocycles. The number of fused-ring (bicyclic) bond motifs is 1. The maximum absolute atomic E-state index is 13.2. The number of esters is 1. The Hall–Kier alpha value is -3.09. The summed E-state index contributed by atoms with van der Waals surface area (Å²) >= 11 is 0. The average molecular weight is 345 g/mol. The number of nitrogens with one attached hydrogen (secondary N) is 1. The van der Waals surface area contributed by atoms with Gasteiger partial charge >= 0.3 is 5.97 Å². The summed E-state index contributed by atoms with van der Waals surface area (Å²) < 4.78 is 29.1. The van der Waals surface area contributed by atoms with Crippen molar-refractivity contribution in [3.8, 4) is 11.5 Å². The van der Waals surface area contributed by atoms with Crippen LogP contribution in [0.3, 0.4) is 0 Å². The van der Waals surface area contributed by atoms with Crippen molar-refractivity contribution in [1.82, 2.24) is 0 Å². The van der Waals surface area contributed by atoms with Crippen molar-refractivity contribution in [3.05, 3.63) is 53.8 Å². The van der Waals surface area contributed by atoms with Crippen molar-refractivity contribution in [2.45, 2.75) is 13.0 Å². The fourth-order valence-corrected chi connectivity index (χ4v) is 2.28. The maximum Gasteiger partial charge on any atom is 0.351 e. The Morgan fingerprint density at radius 3 is 2.80 bits per heavy atom. The molecule has 1 N–H and O–H groups in total. The first-order valence-corrected chi connectivity index (χ1v) is 7.64. The lowest BCUT2D eigenvalue weighted by Gasteiger charge is -2.24. The zero-order valence-corrected chi connectivity index (χ0v) is 13.5. The molecule has 6 nitrogen and oxygen atoms in total. The first-order valence-electron chi connectivity index (χ1n) is 7.64. The Bertz CT molecular complexity index is 808. The van der Waals surface area contributed by atoms with E-state index in [4.69, 9.17) is 14.2 Å². The van der Waals surface area contributed by atoms with E-state index in [0.717, 1.165) is 0 Å². The van der Waals surface area contributed by atoms with Gasteiger partial charge in [-0.1, -0.05) is 18.2 Å². The minimum Gasteiger partial charge on any atom is -0.485 e. The third-order valence-corrected chi connectivity index (χ3v) is 3.59. The molecule has 1 amide bonds. The number of rotatable bonds is 4. The minimum absolute atomic E-state index is 0.000467. The summed E-state index contributed by atoms with van der Waals surface area (Å²) in [7, 11) is 0. The molecule has 0 spiro atoms. The van der Waals surface area contributed by atoms with Crippen LogP contribution in [0, 0.1) is 12.7 Å². The van der Waals surface area contributed by atoms with Crippen LogP contribution in [-0.4, -0.2) is 31.2 Å². The third kappa shape index (κ3) is 4.06. The summed E-state index contributed by atoms with van der Waals surface area (Å²) in [4.78, 5) is 23.9. The number of hydrogen-bond donors (Lipinski definition) is 1. The highest BCUT2D eigenvalue weighted by Gasteiger charge is 2.29. The molecule has 3 rings (SSSR count). The first-order chi connectivity index (χ1) is 12.0. The van der Waals surface area contributed by atoms with Crippen LogP contribution < -0.4 is 14.8 Å². The van der Waals surface area contributed by atoms with Crippen molar-refractivity contribution in [2.24, 2.45) is 0 Å². The van der Waals surface area contributed by atoms with Crippen LogP contribution in [0.15, 0.2) is 42.5 Å². The van der Waals surface area contributed by atoms with Crippen LogP contribution in [0.2, 0.25) is 0 Å². The van der Waals surface area contributed by atoms with Gasteiger partial charge in [0.15, 0.2) is 18.1 Å². The van der Waals surface area contributed by atoms with Gasteiger partial charge in [-0.25, -0.2) is 9.18 Å². The van der Waals surface area contributed by atoms with E-state index in [2.05, 4.69) is 5.32 Å². The number of amides is 1. The van der Waals surface area contributed by atoms with Gasteiger partial charge in [0.05, 0.1) is 0 Å². The van der Waals surface area contributed by atoms with E-state index in [-0.39, 0.29) is 6.61 Å². The number of ether oxygens (including phenoxy) is 3. The number of carbonyl (C=O) groups excluding carboxylic acids is 2. The molecular formula is C18H16FNO5. The third-order valence-electron chi connectivity index (χ3n) is 3.59. The number of hydrogen-bond acceptors (Lipinski definition) is 5. The Morgan fingerprint density at radius 2 is 2.00 bits per heavy atom. The second-order valence-corrected chi connectivity index (χ2v) is 5.48. The van der Waals surface area contributed by atoms with Crippen molar-refractivity contribution in [2.75, 3.05) is 18.5 Å². The van der Waals surface area contributed by atoms with Crippen LogP contribution >= 0.6 is 0 Å². The zero-order chi connectivity index (χ0) is 17.8. The number of benzene rings is 2. The predicted octanol–water partition coefficient (Wildman–Crippen LogP) is 2.46. The molecule has 1 atom stereocenters. The van der Waals surface area contributed by atoms with E-state index in [1.165, 1.54) is 12.1 Å². The number of halogens is 1. The number of carbonyl (C=O) groups is 2. The molecule has 0 saturated heterocycles. The summed E-state index contributed by atoms with van der Waals surface area (Å²) in [6.07, 6.45) is -0.946. The minimum atomic E-state index is -0.946. The molecule has 2 aromatic rings.